The van der Waals surface area contributed by atoms with Gasteiger partial charge in [-0.2, -0.15) is 13.2 Å². The van der Waals surface area contributed by atoms with E-state index in [0.29, 0.717) is 0 Å². The fourth-order valence-electron chi connectivity index (χ4n) is 3.62. The summed E-state index contributed by atoms with van der Waals surface area (Å²) in [6, 6.07) is 6.60. The van der Waals surface area contributed by atoms with E-state index >= 15 is 0 Å². The van der Waals surface area contributed by atoms with Crippen LogP contribution < -0.4 is 16.4 Å². The van der Waals surface area contributed by atoms with E-state index in [1.165, 1.54) is 12.1 Å². The molecule has 4 rings (SSSR count). The first-order valence-corrected chi connectivity index (χ1v) is 11.4. The lowest BCUT2D eigenvalue weighted by Crippen LogP contribution is -2.38. The number of benzene rings is 2. The predicted molar refractivity (Wildman–Crippen MR) is 128 cm³/mol. The van der Waals surface area contributed by atoms with Crippen LogP contribution in [-0.2, 0) is 0 Å². The molecule has 37 heavy (non-hydrogen) atoms. The summed E-state index contributed by atoms with van der Waals surface area (Å²) in [5.74, 6) is -3.19. The Labute approximate surface area is 217 Å². The topological polar surface area (TPSA) is 97.1 Å². The van der Waals surface area contributed by atoms with Crippen LogP contribution in [0.5, 0.6) is 0 Å². The minimum absolute atomic E-state index is 0.0174. The van der Waals surface area contributed by atoms with Gasteiger partial charge in [-0.25, -0.2) is 13.8 Å². The number of halogens is 7. The third-order valence-corrected chi connectivity index (χ3v) is 6.56. The molecule has 4 N–H and O–H groups in total. The Kier molecular flexibility index (Phi) is 7.04. The number of amides is 2. The van der Waals surface area contributed by atoms with E-state index in [0.717, 1.165) is 30.5 Å². The van der Waals surface area contributed by atoms with Gasteiger partial charge in [-0.3, -0.25) is 9.59 Å². The van der Waals surface area contributed by atoms with E-state index in [1.54, 1.807) is 0 Å². The van der Waals surface area contributed by atoms with Gasteiger partial charge in [0.1, 0.15) is 17.3 Å². The molecule has 0 bridgehead atoms. The Morgan fingerprint density at radius 3 is 2.30 bits per heavy atom. The van der Waals surface area contributed by atoms with Crippen molar-refractivity contribution in [2.24, 2.45) is 5.41 Å². The second-order valence-electron chi connectivity index (χ2n) is 8.51. The zero-order chi connectivity index (χ0) is 27.1. The minimum Gasteiger partial charge on any atom is -0.398 e. The summed E-state index contributed by atoms with van der Waals surface area (Å²) in [4.78, 5) is 28.8. The van der Waals surface area contributed by atoms with E-state index in [9.17, 15) is 31.5 Å². The lowest BCUT2D eigenvalue weighted by molar-refractivity contribution is -0.184. The third kappa shape index (κ3) is 5.47. The van der Waals surface area contributed by atoms with E-state index in [1.807, 2.05) is 0 Å². The third-order valence-electron chi connectivity index (χ3n) is 5.96. The average Bonchev–Trinajstić information content (AvgIpc) is 3.60. The Hall–Kier alpha value is -3.44. The van der Waals surface area contributed by atoms with Crippen molar-refractivity contribution in [3.05, 3.63) is 75.5 Å². The summed E-state index contributed by atoms with van der Waals surface area (Å²) in [7, 11) is 0. The number of anilines is 2. The van der Waals surface area contributed by atoms with Crippen LogP contribution in [0.2, 0.25) is 10.0 Å². The number of nitrogens with one attached hydrogen (secondary N) is 2. The lowest BCUT2D eigenvalue weighted by Gasteiger charge is -2.19. The van der Waals surface area contributed by atoms with Gasteiger partial charge in [0.2, 0.25) is 0 Å². The molecule has 1 aliphatic rings. The predicted octanol–water partition coefficient (Wildman–Crippen LogP) is 6.24. The molecule has 0 aliphatic heterocycles. The van der Waals surface area contributed by atoms with Crippen LogP contribution in [0.1, 0.15) is 33.7 Å². The highest BCUT2D eigenvalue weighted by Crippen LogP contribution is 2.57. The number of alkyl halides is 3. The molecule has 0 unspecified atom stereocenters. The summed E-state index contributed by atoms with van der Waals surface area (Å²) in [6.07, 6.45) is -3.53. The number of hydrogen-bond acceptors (Lipinski definition) is 4. The molecule has 0 spiro atoms. The fraction of sp³-hybridized carbons (Fsp3) is 0.208. The normalized spacial score (nSPS) is 14.2. The number of nitrogens with two attached hydrogens (primary N) is 1. The van der Waals surface area contributed by atoms with E-state index in [2.05, 4.69) is 15.6 Å². The summed E-state index contributed by atoms with van der Waals surface area (Å²) in [5, 5.41) is 4.24. The van der Waals surface area contributed by atoms with Gasteiger partial charge >= 0.3 is 6.18 Å². The van der Waals surface area contributed by atoms with Crippen molar-refractivity contribution in [1.82, 2.24) is 10.3 Å². The highest BCUT2D eigenvalue weighted by Gasteiger charge is 2.63. The molecule has 0 radical (unpaired) electrons. The number of pyridine rings is 1. The molecule has 0 atom stereocenters. The SMILES string of the molecule is Nc1cc(F)ccc1-c1cc(Cl)c(C(=O)Nc2cnc(C(=O)NCC3(C(F)(F)F)CC3)c(Cl)c2)cc1F. The molecule has 13 heteroatoms. The van der Waals surface area contributed by atoms with Gasteiger partial charge in [0.15, 0.2) is 0 Å². The molecule has 2 amide bonds. The molecule has 1 saturated carbocycles. The van der Waals surface area contributed by atoms with Gasteiger partial charge in [-0.05, 0) is 49.2 Å². The van der Waals surface area contributed by atoms with Crippen molar-refractivity contribution in [1.29, 1.82) is 0 Å². The summed E-state index contributed by atoms with van der Waals surface area (Å²) in [5.41, 5.74) is 3.37. The number of rotatable bonds is 6. The number of aromatic nitrogens is 1. The number of nitrogens with zero attached hydrogens (tertiary/aromatic N) is 1. The molecular formula is C24H17Cl2F5N4O2. The monoisotopic (exact) mass is 558 g/mol. The molecule has 0 saturated heterocycles. The van der Waals surface area contributed by atoms with Crippen molar-refractivity contribution >= 4 is 46.4 Å². The van der Waals surface area contributed by atoms with Crippen LogP contribution >= 0.6 is 23.2 Å². The zero-order valence-electron chi connectivity index (χ0n) is 18.6. The highest BCUT2D eigenvalue weighted by molar-refractivity contribution is 6.35. The summed E-state index contributed by atoms with van der Waals surface area (Å²) in [6.45, 7) is -0.602. The molecule has 1 aromatic heterocycles. The lowest BCUT2D eigenvalue weighted by atomic mass is 10.0. The van der Waals surface area contributed by atoms with Gasteiger partial charge < -0.3 is 16.4 Å². The molecule has 3 aromatic rings. The minimum atomic E-state index is -4.43. The quantitative estimate of drug-likeness (QED) is 0.246. The fourth-order valence-corrected chi connectivity index (χ4v) is 4.12. The molecule has 2 aromatic carbocycles. The molecule has 194 valence electrons. The number of carbonyl (C=O) groups excluding carboxylic acids is 2. The molecular weight excluding hydrogens is 542 g/mol. The standard InChI is InChI=1S/C24H17Cl2F5N4O2/c25-16-7-14(13-2-1-11(27)5-19(13)32)18(28)8-15(16)21(36)35-12-6-17(26)20(33-9-12)22(37)34-10-23(3-4-23)24(29,30)31/h1-2,5-9H,3-4,10,32H2,(H,34,37)(H,35,36). The van der Waals surface area contributed by atoms with Crippen LogP contribution in [0.3, 0.4) is 0 Å². The Morgan fingerprint density at radius 2 is 1.70 bits per heavy atom. The van der Waals surface area contributed by atoms with Gasteiger partial charge in [0.05, 0.1) is 32.9 Å². The summed E-state index contributed by atoms with van der Waals surface area (Å²) >= 11 is 12.2. The molecule has 1 aliphatic carbocycles. The largest absolute Gasteiger partial charge is 0.398 e. The van der Waals surface area contributed by atoms with Crippen LogP contribution in [0.25, 0.3) is 11.1 Å². The van der Waals surface area contributed by atoms with E-state index in [-0.39, 0.29) is 56.6 Å². The molecule has 1 fully saturated rings. The van der Waals surface area contributed by atoms with Crippen molar-refractivity contribution in [3.8, 4) is 11.1 Å². The van der Waals surface area contributed by atoms with Crippen LogP contribution in [0, 0.1) is 17.0 Å². The Bertz CT molecular complexity index is 1410. The van der Waals surface area contributed by atoms with Gasteiger partial charge in [0.25, 0.3) is 11.8 Å². The van der Waals surface area contributed by atoms with Gasteiger partial charge in [0, 0.05) is 23.4 Å². The maximum absolute atomic E-state index is 14.8. The first kappa shape index (κ1) is 26.6. The number of nitrogen functional groups attached to an aromatic ring is 1. The van der Waals surface area contributed by atoms with Crippen LogP contribution in [0.15, 0.2) is 42.6 Å². The van der Waals surface area contributed by atoms with Gasteiger partial charge in [-0.1, -0.05) is 23.2 Å². The van der Waals surface area contributed by atoms with Crippen molar-refractivity contribution in [2.75, 3.05) is 17.6 Å². The highest BCUT2D eigenvalue weighted by atomic mass is 35.5. The Balaban J connectivity index is 1.47. The maximum atomic E-state index is 14.8. The smallest absolute Gasteiger partial charge is 0.396 e. The van der Waals surface area contributed by atoms with Crippen LogP contribution in [-0.4, -0.2) is 29.5 Å². The van der Waals surface area contributed by atoms with E-state index in [4.69, 9.17) is 28.9 Å². The molecule has 6 nitrogen and oxygen atoms in total. The van der Waals surface area contributed by atoms with E-state index < -0.39 is 41.6 Å². The second-order valence-corrected chi connectivity index (χ2v) is 9.33. The molecule has 1 heterocycles. The second kappa shape index (κ2) is 9.79. The zero-order valence-corrected chi connectivity index (χ0v) is 20.2. The van der Waals surface area contributed by atoms with Gasteiger partial charge in [-0.15, -0.1) is 0 Å². The first-order valence-electron chi connectivity index (χ1n) is 10.7. The number of hydrogen-bond donors (Lipinski definition) is 3. The summed E-state index contributed by atoms with van der Waals surface area (Å²) < 4.78 is 67.3. The van der Waals surface area contributed by atoms with Crippen molar-refractivity contribution in [3.63, 3.8) is 0 Å². The number of carbonyl (C=O) groups is 2. The van der Waals surface area contributed by atoms with Crippen LogP contribution in [0.4, 0.5) is 33.3 Å². The van der Waals surface area contributed by atoms with Crippen molar-refractivity contribution in [2.45, 2.75) is 19.0 Å². The maximum Gasteiger partial charge on any atom is 0.396 e. The van der Waals surface area contributed by atoms with Crippen molar-refractivity contribution < 1.29 is 31.5 Å². The average molecular weight is 559 g/mol. The first-order chi connectivity index (χ1) is 17.3. The Morgan fingerprint density at radius 1 is 1.00 bits per heavy atom.